The maximum Gasteiger partial charge on any atom is 0.377 e. The van der Waals surface area contributed by atoms with Crippen molar-refractivity contribution >= 4 is 52.4 Å². The number of nitrogens with one attached hydrogen (secondary N) is 1. The first-order valence-corrected chi connectivity index (χ1v) is 7.63. The number of anilines is 1. The smallest absolute Gasteiger partial charge is 0.377 e. The minimum atomic E-state index is -1.08. The van der Waals surface area contributed by atoms with Crippen molar-refractivity contribution in [2.24, 2.45) is 0 Å². The van der Waals surface area contributed by atoms with Crippen LogP contribution in [-0.2, 0) is 23.8 Å². The van der Waals surface area contributed by atoms with Crippen molar-refractivity contribution in [3.63, 3.8) is 0 Å². The van der Waals surface area contributed by atoms with E-state index in [4.69, 9.17) is 49.0 Å². The van der Waals surface area contributed by atoms with Crippen molar-refractivity contribution in [2.45, 2.75) is 13.0 Å². The van der Waals surface area contributed by atoms with Gasteiger partial charge in [-0.15, -0.1) is 0 Å². The van der Waals surface area contributed by atoms with Crippen LogP contribution in [0.1, 0.15) is 6.92 Å². The van der Waals surface area contributed by atoms with E-state index in [2.05, 4.69) is 5.32 Å². The predicted octanol–water partition coefficient (Wildman–Crippen LogP) is 3.41. The van der Waals surface area contributed by atoms with E-state index < -0.39 is 18.0 Å². The molecule has 6 nitrogen and oxygen atoms in total. The number of carbonyl (C=O) groups excluding carboxylic acids is 2. The number of amides is 1. The Bertz CT molecular complexity index is 662. The fraction of sp³-hybridized carbons (Fsp3) is 0.286. The SMILES string of the molecule is CC(OC(=O)C1=COCCO1)C(=O)Nc1cc(Cl)c(Cl)cc1Cl. The molecule has 9 heteroatoms. The largest absolute Gasteiger partial charge is 0.493 e. The van der Waals surface area contributed by atoms with Crippen LogP contribution in [0.4, 0.5) is 5.69 Å². The van der Waals surface area contributed by atoms with Crippen LogP contribution in [-0.4, -0.2) is 31.2 Å². The van der Waals surface area contributed by atoms with Crippen LogP contribution in [0.5, 0.6) is 0 Å². The number of esters is 1. The molecule has 0 bridgehead atoms. The average molecular weight is 381 g/mol. The van der Waals surface area contributed by atoms with Crippen molar-refractivity contribution in [2.75, 3.05) is 18.5 Å². The summed E-state index contributed by atoms with van der Waals surface area (Å²) in [5.41, 5.74) is 0.255. The van der Waals surface area contributed by atoms with E-state index in [-0.39, 0.29) is 33.1 Å². The molecule has 1 aromatic rings. The van der Waals surface area contributed by atoms with E-state index in [0.717, 1.165) is 6.26 Å². The Labute approximate surface area is 147 Å². The highest BCUT2D eigenvalue weighted by atomic mass is 35.5. The monoisotopic (exact) mass is 379 g/mol. The van der Waals surface area contributed by atoms with Crippen molar-refractivity contribution in [1.29, 1.82) is 0 Å². The molecule has 1 atom stereocenters. The molecule has 0 saturated carbocycles. The second-order valence-electron chi connectivity index (χ2n) is 4.48. The summed E-state index contributed by atoms with van der Waals surface area (Å²) in [6, 6.07) is 2.80. The molecule has 0 fully saturated rings. The number of hydrogen-bond donors (Lipinski definition) is 1. The van der Waals surface area contributed by atoms with Gasteiger partial charge in [0.25, 0.3) is 5.91 Å². The van der Waals surface area contributed by atoms with Crippen LogP contribution in [0.25, 0.3) is 0 Å². The minimum Gasteiger partial charge on any atom is -0.493 e. The second-order valence-corrected chi connectivity index (χ2v) is 5.71. The van der Waals surface area contributed by atoms with E-state index in [9.17, 15) is 9.59 Å². The van der Waals surface area contributed by atoms with Gasteiger partial charge in [-0.2, -0.15) is 0 Å². The van der Waals surface area contributed by atoms with Gasteiger partial charge < -0.3 is 19.5 Å². The van der Waals surface area contributed by atoms with Crippen LogP contribution < -0.4 is 5.32 Å². The molecule has 1 heterocycles. The van der Waals surface area contributed by atoms with E-state index in [1.165, 1.54) is 19.1 Å². The minimum absolute atomic E-state index is 0.0940. The van der Waals surface area contributed by atoms with E-state index in [0.29, 0.717) is 6.61 Å². The third-order valence-electron chi connectivity index (χ3n) is 2.77. The lowest BCUT2D eigenvalue weighted by Crippen LogP contribution is -2.31. The zero-order valence-electron chi connectivity index (χ0n) is 11.9. The molecule has 0 aromatic heterocycles. The van der Waals surface area contributed by atoms with Crippen LogP contribution in [0.2, 0.25) is 15.1 Å². The van der Waals surface area contributed by atoms with Crippen LogP contribution in [0.3, 0.4) is 0 Å². The van der Waals surface area contributed by atoms with E-state index >= 15 is 0 Å². The molecule has 1 aliphatic rings. The zero-order chi connectivity index (χ0) is 17.0. The molecular weight excluding hydrogens is 369 g/mol. The van der Waals surface area contributed by atoms with Crippen LogP contribution in [0, 0.1) is 0 Å². The fourth-order valence-corrected chi connectivity index (χ4v) is 2.19. The van der Waals surface area contributed by atoms with Gasteiger partial charge >= 0.3 is 5.97 Å². The lowest BCUT2D eigenvalue weighted by molar-refractivity contribution is -0.153. The summed E-state index contributed by atoms with van der Waals surface area (Å²) in [7, 11) is 0. The normalized spacial score (nSPS) is 14.9. The summed E-state index contributed by atoms with van der Waals surface area (Å²) in [6.45, 7) is 1.99. The molecule has 1 aromatic carbocycles. The van der Waals surface area contributed by atoms with Crippen molar-refractivity contribution in [3.05, 3.63) is 39.2 Å². The van der Waals surface area contributed by atoms with Gasteiger partial charge in [-0.3, -0.25) is 4.79 Å². The van der Waals surface area contributed by atoms with E-state index in [1.807, 2.05) is 0 Å². The van der Waals surface area contributed by atoms with Gasteiger partial charge in [0.1, 0.15) is 19.5 Å². The fourth-order valence-electron chi connectivity index (χ4n) is 1.60. The van der Waals surface area contributed by atoms with Crippen molar-refractivity contribution < 1.29 is 23.8 Å². The molecule has 23 heavy (non-hydrogen) atoms. The first-order valence-electron chi connectivity index (χ1n) is 6.49. The predicted molar refractivity (Wildman–Crippen MR) is 85.6 cm³/mol. The third-order valence-corrected chi connectivity index (χ3v) is 3.81. The van der Waals surface area contributed by atoms with Gasteiger partial charge in [0.15, 0.2) is 6.10 Å². The summed E-state index contributed by atoms with van der Waals surface area (Å²) in [5, 5.41) is 3.20. The van der Waals surface area contributed by atoms with Gasteiger partial charge in [0.2, 0.25) is 5.76 Å². The van der Waals surface area contributed by atoms with Crippen molar-refractivity contribution in [1.82, 2.24) is 0 Å². The Morgan fingerprint density at radius 2 is 1.87 bits per heavy atom. The molecule has 1 amide bonds. The van der Waals surface area contributed by atoms with Crippen LogP contribution >= 0.6 is 34.8 Å². The lowest BCUT2D eigenvalue weighted by atomic mass is 10.3. The highest BCUT2D eigenvalue weighted by molar-refractivity contribution is 6.44. The molecule has 1 unspecified atom stereocenters. The Hall–Kier alpha value is -1.63. The average Bonchev–Trinajstić information content (AvgIpc) is 2.53. The van der Waals surface area contributed by atoms with Gasteiger partial charge in [-0.05, 0) is 19.1 Å². The molecule has 1 aliphatic heterocycles. The summed E-state index contributed by atoms with van der Waals surface area (Å²) >= 11 is 17.6. The molecule has 2 rings (SSSR count). The standard InChI is InChI=1S/C14H12Cl3NO5/c1-7(23-14(20)12-6-21-2-3-22-12)13(19)18-11-5-9(16)8(15)4-10(11)17/h4-7H,2-3H2,1H3,(H,18,19). The topological polar surface area (TPSA) is 73.9 Å². The van der Waals surface area contributed by atoms with Gasteiger partial charge in [0.05, 0.1) is 20.8 Å². The highest BCUT2D eigenvalue weighted by Gasteiger charge is 2.24. The summed E-state index contributed by atoms with van der Waals surface area (Å²) in [6.07, 6.45) is 0.0613. The Kier molecular flexibility index (Phi) is 5.98. The highest BCUT2D eigenvalue weighted by Crippen LogP contribution is 2.32. The molecule has 0 aliphatic carbocycles. The molecule has 0 spiro atoms. The molecule has 0 saturated heterocycles. The number of benzene rings is 1. The Morgan fingerprint density at radius 1 is 1.17 bits per heavy atom. The van der Waals surface area contributed by atoms with Crippen LogP contribution in [0.15, 0.2) is 24.2 Å². The Balaban J connectivity index is 1.99. The maximum atomic E-state index is 12.1. The number of ether oxygens (including phenoxy) is 3. The van der Waals surface area contributed by atoms with E-state index in [1.54, 1.807) is 0 Å². The summed E-state index contributed by atoms with van der Waals surface area (Å²) in [5.74, 6) is -1.48. The van der Waals surface area contributed by atoms with Crippen molar-refractivity contribution in [3.8, 4) is 0 Å². The van der Waals surface area contributed by atoms with Gasteiger partial charge in [-0.25, -0.2) is 4.79 Å². The lowest BCUT2D eigenvalue weighted by Gasteiger charge is -2.17. The summed E-state index contributed by atoms with van der Waals surface area (Å²) < 4.78 is 15.0. The van der Waals surface area contributed by atoms with Gasteiger partial charge in [0, 0.05) is 0 Å². The third kappa shape index (κ3) is 4.67. The number of rotatable bonds is 4. The number of hydrogen-bond acceptors (Lipinski definition) is 5. The molecule has 124 valence electrons. The first-order chi connectivity index (χ1) is 10.9. The Morgan fingerprint density at radius 3 is 2.52 bits per heavy atom. The van der Waals surface area contributed by atoms with Gasteiger partial charge in [-0.1, -0.05) is 34.8 Å². The maximum absolute atomic E-state index is 12.1. The zero-order valence-corrected chi connectivity index (χ0v) is 14.2. The molecular formula is C14H12Cl3NO5. The number of carbonyl (C=O) groups is 2. The second kappa shape index (κ2) is 7.77. The summed E-state index contributed by atoms with van der Waals surface area (Å²) in [4.78, 5) is 23.9. The number of halogens is 3. The molecule has 1 N–H and O–H groups in total. The quantitative estimate of drug-likeness (QED) is 0.640. The molecule has 0 radical (unpaired) electrons. The first kappa shape index (κ1) is 17.7.